The molecule has 2 aromatic heterocycles. The fraction of sp³-hybridized carbons (Fsp3) is 0.640. The summed E-state index contributed by atoms with van der Waals surface area (Å²) in [5.74, 6) is 3.26. The first-order chi connectivity index (χ1) is 16.2. The van der Waals surface area contributed by atoms with E-state index in [0.717, 1.165) is 42.6 Å². The van der Waals surface area contributed by atoms with Crippen molar-refractivity contribution in [2.45, 2.75) is 58.3 Å². The Labute approximate surface area is 197 Å². The van der Waals surface area contributed by atoms with E-state index < -0.39 is 0 Å². The first-order valence-electron chi connectivity index (χ1n) is 12.5. The van der Waals surface area contributed by atoms with Gasteiger partial charge in [0, 0.05) is 30.9 Å². The summed E-state index contributed by atoms with van der Waals surface area (Å²) in [6.45, 7) is 7.07. The van der Waals surface area contributed by atoms with Gasteiger partial charge in [-0.3, -0.25) is 0 Å². The third-order valence-electron chi connectivity index (χ3n) is 6.49. The topological polar surface area (TPSA) is 84.4 Å². The predicted octanol–water partition coefficient (Wildman–Crippen LogP) is 4.79. The zero-order valence-electron chi connectivity index (χ0n) is 20.1. The van der Waals surface area contributed by atoms with Gasteiger partial charge < -0.3 is 25.0 Å². The molecule has 2 aromatic rings. The van der Waals surface area contributed by atoms with Gasteiger partial charge in [0.25, 0.3) is 5.88 Å². The molecule has 1 aliphatic heterocycles. The molecule has 180 valence electrons. The summed E-state index contributed by atoms with van der Waals surface area (Å²) < 4.78 is 11.4. The minimum absolute atomic E-state index is 0.488. The van der Waals surface area contributed by atoms with Crippen LogP contribution in [0.25, 0.3) is 0 Å². The molecule has 33 heavy (non-hydrogen) atoms. The average molecular weight is 455 g/mol. The van der Waals surface area contributed by atoms with E-state index in [1.165, 1.54) is 58.0 Å². The zero-order valence-corrected chi connectivity index (χ0v) is 20.1. The largest absolute Gasteiger partial charge is 0.488 e. The van der Waals surface area contributed by atoms with E-state index in [2.05, 4.69) is 30.5 Å². The number of pyridine rings is 1. The molecule has 0 spiro atoms. The molecule has 1 saturated heterocycles. The first kappa shape index (κ1) is 23.5. The molecule has 8 heteroatoms. The minimum Gasteiger partial charge on any atom is -0.488 e. The highest BCUT2D eigenvalue weighted by atomic mass is 16.5. The zero-order chi connectivity index (χ0) is 22.9. The Hall–Kier alpha value is -2.61. The van der Waals surface area contributed by atoms with E-state index in [-0.39, 0.29) is 0 Å². The maximum Gasteiger partial charge on any atom is 0.256 e. The fourth-order valence-electron chi connectivity index (χ4n) is 4.72. The van der Waals surface area contributed by atoms with E-state index in [1.807, 2.05) is 19.1 Å². The number of likely N-dealkylation sites (tertiary alicyclic amines) is 1. The summed E-state index contributed by atoms with van der Waals surface area (Å²) >= 11 is 0. The Morgan fingerprint density at radius 2 is 1.88 bits per heavy atom. The quantitative estimate of drug-likeness (QED) is 0.469. The molecule has 0 aromatic carbocycles. The number of hydrogen-bond donors (Lipinski definition) is 2. The number of hydrogen-bond acceptors (Lipinski definition) is 8. The van der Waals surface area contributed by atoms with Crippen LogP contribution in [0.2, 0.25) is 0 Å². The number of rotatable bonds is 11. The number of anilines is 3. The Morgan fingerprint density at radius 3 is 2.67 bits per heavy atom. The molecule has 0 atom stereocenters. The third-order valence-corrected chi connectivity index (χ3v) is 6.49. The van der Waals surface area contributed by atoms with Crippen molar-refractivity contribution in [3.8, 4) is 11.6 Å². The van der Waals surface area contributed by atoms with Crippen LogP contribution in [0, 0.1) is 12.8 Å². The molecule has 0 unspecified atom stereocenters. The monoisotopic (exact) mass is 454 g/mol. The van der Waals surface area contributed by atoms with Crippen molar-refractivity contribution in [2.24, 2.45) is 5.92 Å². The summed E-state index contributed by atoms with van der Waals surface area (Å²) in [6.07, 6.45) is 12.0. The highest BCUT2D eigenvalue weighted by Crippen LogP contribution is 2.29. The van der Waals surface area contributed by atoms with Gasteiger partial charge in [-0.25, -0.2) is 9.97 Å². The average Bonchev–Trinajstić information content (AvgIpc) is 3.35. The number of nitrogens with one attached hydrogen (secondary N) is 2. The molecule has 2 aliphatic rings. The second-order valence-corrected chi connectivity index (χ2v) is 9.21. The smallest absolute Gasteiger partial charge is 0.256 e. The van der Waals surface area contributed by atoms with E-state index in [1.54, 1.807) is 13.3 Å². The van der Waals surface area contributed by atoms with Crippen molar-refractivity contribution in [1.82, 2.24) is 19.9 Å². The van der Waals surface area contributed by atoms with Gasteiger partial charge in [-0.05, 0) is 58.0 Å². The van der Waals surface area contributed by atoms with Gasteiger partial charge in [-0.1, -0.05) is 19.3 Å². The van der Waals surface area contributed by atoms with Crippen molar-refractivity contribution >= 4 is 17.5 Å². The summed E-state index contributed by atoms with van der Waals surface area (Å²) in [5, 5.41) is 6.79. The van der Waals surface area contributed by atoms with E-state index in [0.29, 0.717) is 24.2 Å². The van der Waals surface area contributed by atoms with Crippen molar-refractivity contribution in [2.75, 3.05) is 50.5 Å². The molecular weight excluding hydrogens is 416 g/mol. The van der Waals surface area contributed by atoms with Gasteiger partial charge in [0.15, 0.2) is 5.75 Å². The number of methoxy groups -OCH3 is 1. The number of aryl methyl sites for hydroxylation is 1. The molecule has 2 N–H and O–H groups in total. The highest BCUT2D eigenvalue weighted by molar-refractivity contribution is 5.58. The van der Waals surface area contributed by atoms with Crippen LogP contribution in [-0.4, -0.2) is 59.7 Å². The van der Waals surface area contributed by atoms with Crippen LogP contribution >= 0.6 is 0 Å². The second-order valence-electron chi connectivity index (χ2n) is 9.21. The molecule has 0 bridgehead atoms. The molecule has 3 heterocycles. The second kappa shape index (κ2) is 12.0. The lowest BCUT2D eigenvalue weighted by Gasteiger charge is -2.22. The summed E-state index contributed by atoms with van der Waals surface area (Å²) in [4.78, 5) is 16.1. The van der Waals surface area contributed by atoms with Crippen LogP contribution in [0.15, 0.2) is 18.3 Å². The number of nitrogens with zero attached hydrogens (tertiary/aromatic N) is 4. The Bertz CT molecular complexity index is 881. The fourth-order valence-corrected chi connectivity index (χ4v) is 4.72. The highest BCUT2D eigenvalue weighted by Gasteiger charge is 2.15. The summed E-state index contributed by atoms with van der Waals surface area (Å²) in [5.41, 5.74) is 1.69. The Kier molecular flexibility index (Phi) is 8.58. The lowest BCUT2D eigenvalue weighted by molar-refractivity contribution is 0.252. The lowest BCUT2D eigenvalue weighted by Crippen LogP contribution is -2.22. The van der Waals surface area contributed by atoms with Gasteiger partial charge in [-0.15, -0.1) is 0 Å². The van der Waals surface area contributed by atoms with Gasteiger partial charge in [0.2, 0.25) is 5.95 Å². The van der Waals surface area contributed by atoms with Gasteiger partial charge in [0.1, 0.15) is 5.82 Å². The molecule has 8 nitrogen and oxygen atoms in total. The van der Waals surface area contributed by atoms with Crippen molar-refractivity contribution in [3.05, 3.63) is 24.0 Å². The van der Waals surface area contributed by atoms with Gasteiger partial charge >= 0.3 is 0 Å². The molecule has 1 aliphatic carbocycles. The third kappa shape index (κ3) is 7.19. The summed E-state index contributed by atoms with van der Waals surface area (Å²) in [7, 11) is 1.61. The SMILES string of the molecule is COc1ncc(Nc2nc(C)cc(NCC3CCCCC3)n2)cc1OCCCN1CCCC1. The Morgan fingerprint density at radius 1 is 1.06 bits per heavy atom. The first-order valence-corrected chi connectivity index (χ1v) is 12.5. The van der Waals surface area contributed by atoms with Crippen LogP contribution in [0.4, 0.5) is 17.5 Å². The molecular formula is C25H38N6O2. The molecule has 2 fully saturated rings. The maximum atomic E-state index is 6.01. The normalized spacial score (nSPS) is 17.2. The van der Waals surface area contributed by atoms with Crippen LogP contribution in [-0.2, 0) is 0 Å². The van der Waals surface area contributed by atoms with E-state index >= 15 is 0 Å². The van der Waals surface area contributed by atoms with E-state index in [4.69, 9.17) is 9.47 Å². The van der Waals surface area contributed by atoms with Crippen LogP contribution in [0.3, 0.4) is 0 Å². The maximum absolute atomic E-state index is 6.01. The number of ether oxygens (including phenoxy) is 2. The van der Waals surface area contributed by atoms with Gasteiger partial charge in [0.05, 0.1) is 25.6 Å². The Balaban J connectivity index is 1.35. The molecule has 0 radical (unpaired) electrons. The standard InChI is InChI=1S/C25H38N6O2/c1-19-15-23(26-17-20-9-4-3-5-10-20)30-25(28-19)29-21-16-22(24(32-2)27-18-21)33-14-8-13-31-11-6-7-12-31/h15-16,18,20H,3-14,17H2,1-2H3,(H2,26,28,29,30). The lowest BCUT2D eigenvalue weighted by atomic mass is 9.89. The summed E-state index contributed by atoms with van der Waals surface area (Å²) in [6, 6.07) is 3.90. The molecule has 1 saturated carbocycles. The van der Waals surface area contributed by atoms with Crippen molar-refractivity contribution in [3.63, 3.8) is 0 Å². The van der Waals surface area contributed by atoms with E-state index in [9.17, 15) is 0 Å². The van der Waals surface area contributed by atoms with Crippen LogP contribution in [0.5, 0.6) is 11.6 Å². The van der Waals surface area contributed by atoms with Crippen molar-refractivity contribution in [1.29, 1.82) is 0 Å². The minimum atomic E-state index is 0.488. The molecule has 0 amide bonds. The van der Waals surface area contributed by atoms with Gasteiger partial charge in [-0.2, -0.15) is 4.98 Å². The predicted molar refractivity (Wildman–Crippen MR) is 132 cm³/mol. The van der Waals surface area contributed by atoms with Crippen LogP contribution in [0.1, 0.15) is 57.1 Å². The van der Waals surface area contributed by atoms with Crippen LogP contribution < -0.4 is 20.1 Å². The van der Waals surface area contributed by atoms with Crippen molar-refractivity contribution < 1.29 is 9.47 Å². The molecule has 4 rings (SSSR count). The number of aromatic nitrogens is 3.